The molecule has 9 nitrogen and oxygen atoms in total. The topological polar surface area (TPSA) is 135 Å². The number of aliphatic carboxylic acids is 1. The lowest BCUT2D eigenvalue weighted by molar-refractivity contribution is -0.140. The number of anilines is 1. The maximum absolute atomic E-state index is 12.8. The van der Waals surface area contributed by atoms with Gasteiger partial charge >= 0.3 is 12.1 Å². The van der Waals surface area contributed by atoms with Crippen LogP contribution in [0.5, 0.6) is 5.75 Å². The van der Waals surface area contributed by atoms with Gasteiger partial charge in [-0.15, -0.1) is 0 Å². The van der Waals surface area contributed by atoms with Gasteiger partial charge in [0.1, 0.15) is 23.0 Å². The van der Waals surface area contributed by atoms with E-state index in [1.165, 1.54) is 12.1 Å². The summed E-state index contributed by atoms with van der Waals surface area (Å²) in [4.78, 5) is 23.6. The van der Waals surface area contributed by atoms with Crippen LogP contribution in [0.15, 0.2) is 74.4 Å². The Hall–Kier alpha value is -3.41. The van der Waals surface area contributed by atoms with Crippen LogP contribution in [0.25, 0.3) is 21.9 Å². The van der Waals surface area contributed by atoms with Gasteiger partial charge < -0.3 is 14.3 Å². The van der Waals surface area contributed by atoms with Crippen molar-refractivity contribution in [2.24, 2.45) is 5.92 Å². The standard InChI is InChI=1S/C24H21BrN2O7S/c1-13(2)22(23(28)29)27-35(31,32)17-8-9-18-19-11-15(5-10-20(19)34-21(18)12-17)26-24(30)33-16-6-3-14(25)4-7-16/h3-13,22,27H,1-2H3,(H,26,30)(H,28,29)/t22-/m0/s1. The molecule has 0 aliphatic rings. The van der Waals surface area contributed by atoms with E-state index in [9.17, 15) is 23.1 Å². The number of carbonyl (C=O) groups is 2. The number of fused-ring (bicyclic) bond motifs is 3. The Morgan fingerprint density at radius 2 is 1.69 bits per heavy atom. The van der Waals surface area contributed by atoms with Gasteiger partial charge in [-0.05, 0) is 60.5 Å². The Balaban J connectivity index is 1.59. The lowest BCUT2D eigenvalue weighted by atomic mass is 10.1. The molecule has 1 atom stereocenters. The molecule has 3 N–H and O–H groups in total. The minimum Gasteiger partial charge on any atom is -0.480 e. The van der Waals surface area contributed by atoms with Gasteiger partial charge in [0.25, 0.3) is 0 Å². The number of benzene rings is 3. The van der Waals surface area contributed by atoms with Crippen molar-refractivity contribution in [3.8, 4) is 5.75 Å². The van der Waals surface area contributed by atoms with Crippen molar-refractivity contribution < 1.29 is 32.3 Å². The molecule has 4 rings (SSSR count). The van der Waals surface area contributed by atoms with E-state index in [4.69, 9.17) is 9.15 Å². The molecule has 4 aromatic rings. The van der Waals surface area contributed by atoms with Crippen molar-refractivity contribution in [1.82, 2.24) is 4.72 Å². The summed E-state index contributed by atoms with van der Waals surface area (Å²) in [5.74, 6) is -1.32. The summed E-state index contributed by atoms with van der Waals surface area (Å²) in [6, 6.07) is 14.8. The van der Waals surface area contributed by atoms with Crippen LogP contribution in [-0.4, -0.2) is 31.6 Å². The number of halogens is 1. The van der Waals surface area contributed by atoms with Crippen LogP contribution in [-0.2, 0) is 14.8 Å². The lowest BCUT2D eigenvalue weighted by Crippen LogP contribution is -2.44. The summed E-state index contributed by atoms with van der Waals surface area (Å²) < 4.78 is 39.7. The van der Waals surface area contributed by atoms with E-state index in [0.717, 1.165) is 4.47 Å². The van der Waals surface area contributed by atoms with Gasteiger partial charge in [0.15, 0.2) is 0 Å². The number of sulfonamides is 1. The molecule has 11 heteroatoms. The fourth-order valence-electron chi connectivity index (χ4n) is 3.46. The first kappa shape index (κ1) is 24.7. The Labute approximate surface area is 209 Å². The zero-order valence-electron chi connectivity index (χ0n) is 18.6. The molecule has 0 bridgehead atoms. The first-order valence-electron chi connectivity index (χ1n) is 10.5. The fourth-order valence-corrected chi connectivity index (χ4v) is 5.08. The summed E-state index contributed by atoms with van der Waals surface area (Å²) in [7, 11) is -4.10. The highest BCUT2D eigenvalue weighted by Crippen LogP contribution is 2.32. The van der Waals surface area contributed by atoms with Crippen LogP contribution in [0.1, 0.15) is 13.8 Å². The normalized spacial score (nSPS) is 12.7. The van der Waals surface area contributed by atoms with Gasteiger partial charge in [-0.2, -0.15) is 4.72 Å². The summed E-state index contributed by atoms with van der Waals surface area (Å²) >= 11 is 3.32. The molecule has 0 fully saturated rings. The number of furan rings is 1. The maximum atomic E-state index is 12.8. The molecule has 35 heavy (non-hydrogen) atoms. The third-order valence-electron chi connectivity index (χ3n) is 5.24. The van der Waals surface area contributed by atoms with Crippen molar-refractivity contribution in [2.45, 2.75) is 24.8 Å². The van der Waals surface area contributed by atoms with Gasteiger partial charge in [-0.3, -0.25) is 10.1 Å². The van der Waals surface area contributed by atoms with E-state index in [1.807, 2.05) is 0 Å². The Kier molecular flexibility index (Phi) is 6.84. The van der Waals surface area contributed by atoms with Gasteiger partial charge in [-0.25, -0.2) is 13.2 Å². The lowest BCUT2D eigenvalue weighted by Gasteiger charge is -2.17. The number of carboxylic acid groups (broad SMARTS) is 1. The van der Waals surface area contributed by atoms with E-state index in [0.29, 0.717) is 33.4 Å². The second-order valence-electron chi connectivity index (χ2n) is 8.12. The molecular weight excluding hydrogens is 540 g/mol. The summed E-state index contributed by atoms with van der Waals surface area (Å²) in [5.41, 5.74) is 1.25. The number of carbonyl (C=O) groups excluding carboxylic acids is 1. The first-order valence-corrected chi connectivity index (χ1v) is 12.8. The van der Waals surface area contributed by atoms with Gasteiger partial charge in [0, 0.05) is 27.0 Å². The molecule has 3 aromatic carbocycles. The molecule has 0 spiro atoms. The average Bonchev–Trinajstić information content (AvgIpc) is 3.16. The zero-order chi connectivity index (χ0) is 25.3. The smallest absolute Gasteiger partial charge is 0.417 e. The zero-order valence-corrected chi connectivity index (χ0v) is 21.0. The predicted octanol–water partition coefficient (Wildman–Crippen LogP) is 5.35. The minimum atomic E-state index is -4.10. The summed E-state index contributed by atoms with van der Waals surface area (Å²) in [6.07, 6.45) is -0.669. The van der Waals surface area contributed by atoms with E-state index in [1.54, 1.807) is 62.4 Å². The molecule has 0 unspecified atom stereocenters. The Morgan fingerprint density at radius 3 is 2.34 bits per heavy atom. The van der Waals surface area contributed by atoms with Crippen LogP contribution < -0.4 is 14.8 Å². The monoisotopic (exact) mass is 560 g/mol. The summed E-state index contributed by atoms with van der Waals surface area (Å²) in [5, 5.41) is 13.3. The van der Waals surface area contributed by atoms with Gasteiger partial charge in [-0.1, -0.05) is 29.8 Å². The van der Waals surface area contributed by atoms with Crippen LogP contribution in [0, 0.1) is 5.92 Å². The molecule has 0 saturated carbocycles. The Morgan fingerprint density at radius 1 is 0.971 bits per heavy atom. The van der Waals surface area contributed by atoms with Crippen LogP contribution in [0.3, 0.4) is 0 Å². The molecule has 1 aromatic heterocycles. The highest BCUT2D eigenvalue weighted by atomic mass is 79.9. The van der Waals surface area contributed by atoms with E-state index in [-0.39, 0.29) is 4.90 Å². The molecule has 0 saturated heterocycles. The second kappa shape index (κ2) is 9.68. The molecule has 0 aliphatic carbocycles. The highest BCUT2D eigenvalue weighted by molar-refractivity contribution is 9.10. The molecule has 0 radical (unpaired) electrons. The second-order valence-corrected chi connectivity index (χ2v) is 10.8. The molecule has 1 amide bonds. The third-order valence-corrected chi connectivity index (χ3v) is 7.21. The first-order chi connectivity index (χ1) is 16.5. The van der Waals surface area contributed by atoms with Gasteiger partial charge in [0.05, 0.1) is 4.90 Å². The van der Waals surface area contributed by atoms with Crippen molar-refractivity contribution in [3.63, 3.8) is 0 Å². The van der Waals surface area contributed by atoms with E-state index < -0.39 is 34.0 Å². The molecular formula is C24H21BrN2O7S. The Bertz CT molecular complexity index is 1530. The SMILES string of the molecule is CC(C)[C@H](NS(=O)(=O)c1ccc2c(c1)oc1ccc(NC(=O)Oc3ccc(Br)cc3)cc12)C(=O)O. The average molecular weight is 561 g/mol. The van der Waals surface area contributed by atoms with Crippen molar-refractivity contribution in [2.75, 3.05) is 5.32 Å². The van der Waals surface area contributed by atoms with Gasteiger partial charge in [0.2, 0.25) is 10.0 Å². The minimum absolute atomic E-state index is 0.118. The molecule has 182 valence electrons. The van der Waals surface area contributed by atoms with Crippen LogP contribution in [0.2, 0.25) is 0 Å². The predicted molar refractivity (Wildman–Crippen MR) is 134 cm³/mol. The third kappa shape index (κ3) is 5.47. The van der Waals surface area contributed by atoms with Crippen molar-refractivity contribution >= 4 is 65.6 Å². The number of rotatable bonds is 7. The number of hydrogen-bond donors (Lipinski definition) is 3. The largest absolute Gasteiger partial charge is 0.480 e. The number of hydrogen-bond acceptors (Lipinski definition) is 6. The molecule has 1 heterocycles. The van der Waals surface area contributed by atoms with Crippen LogP contribution in [0.4, 0.5) is 10.5 Å². The van der Waals surface area contributed by atoms with E-state index in [2.05, 4.69) is 26.0 Å². The number of amides is 1. The summed E-state index contributed by atoms with van der Waals surface area (Å²) in [6.45, 7) is 3.23. The van der Waals surface area contributed by atoms with E-state index >= 15 is 0 Å². The quantitative estimate of drug-likeness (QED) is 0.277. The van der Waals surface area contributed by atoms with Crippen molar-refractivity contribution in [3.05, 3.63) is 65.1 Å². The number of carboxylic acids is 1. The molecule has 0 aliphatic heterocycles. The van der Waals surface area contributed by atoms with Crippen molar-refractivity contribution in [1.29, 1.82) is 0 Å². The number of nitrogens with one attached hydrogen (secondary N) is 2. The highest BCUT2D eigenvalue weighted by Gasteiger charge is 2.28. The fraction of sp³-hybridized carbons (Fsp3) is 0.167. The number of ether oxygens (including phenoxy) is 1. The van der Waals surface area contributed by atoms with Crippen LogP contribution >= 0.6 is 15.9 Å². The maximum Gasteiger partial charge on any atom is 0.417 e.